The van der Waals surface area contributed by atoms with Crippen LogP contribution in [0.5, 0.6) is 0 Å². The summed E-state index contributed by atoms with van der Waals surface area (Å²) in [5.74, 6) is -0.368. The van der Waals surface area contributed by atoms with Crippen molar-refractivity contribution in [2.75, 3.05) is 19.6 Å². The molecule has 0 bridgehead atoms. The zero-order chi connectivity index (χ0) is 19.6. The van der Waals surface area contributed by atoms with Crippen LogP contribution in [0.25, 0.3) is 0 Å². The van der Waals surface area contributed by atoms with Gasteiger partial charge in [-0.05, 0) is 24.1 Å². The van der Waals surface area contributed by atoms with E-state index in [0.717, 1.165) is 0 Å². The number of urea groups is 1. The lowest BCUT2D eigenvalue weighted by molar-refractivity contribution is -0.384. The first-order chi connectivity index (χ1) is 12.8. The van der Waals surface area contributed by atoms with Gasteiger partial charge in [-0.25, -0.2) is 9.59 Å². The van der Waals surface area contributed by atoms with E-state index in [-0.39, 0.29) is 42.6 Å². The van der Waals surface area contributed by atoms with E-state index in [4.69, 9.17) is 4.74 Å². The molecule has 10 nitrogen and oxygen atoms in total. The summed E-state index contributed by atoms with van der Waals surface area (Å²) >= 11 is 4.41. The monoisotopic (exact) mass is 394 g/mol. The highest BCUT2D eigenvalue weighted by Gasteiger charge is 2.38. The van der Waals surface area contributed by atoms with Gasteiger partial charge in [-0.3, -0.25) is 20.2 Å². The summed E-state index contributed by atoms with van der Waals surface area (Å²) in [5, 5.41) is 12.8. The van der Waals surface area contributed by atoms with E-state index in [9.17, 15) is 24.5 Å². The van der Waals surface area contributed by atoms with Crippen molar-refractivity contribution in [3.05, 3.63) is 39.9 Å². The number of carbonyl (C=O) groups is 3. The number of imide groups is 1. The summed E-state index contributed by atoms with van der Waals surface area (Å²) in [6.07, 6.45) is 0.0223. The van der Waals surface area contributed by atoms with Crippen molar-refractivity contribution in [1.29, 1.82) is 0 Å². The molecule has 0 radical (unpaired) electrons. The van der Waals surface area contributed by atoms with Crippen LogP contribution < -0.4 is 5.32 Å². The average Bonchev–Trinajstić information content (AvgIpc) is 3.14. The molecule has 0 aliphatic carbocycles. The quantitative estimate of drug-likeness (QED) is 0.334. The normalized spacial score (nSPS) is 22.1. The number of amides is 4. The van der Waals surface area contributed by atoms with Crippen LogP contribution in [-0.4, -0.2) is 63.7 Å². The second-order valence-corrected chi connectivity index (χ2v) is 7.14. The average molecular weight is 394 g/mol. The topological polar surface area (TPSA) is 122 Å². The molecule has 1 aromatic rings. The van der Waals surface area contributed by atoms with Gasteiger partial charge >= 0.3 is 12.1 Å². The first-order valence-corrected chi connectivity index (χ1v) is 8.78. The Morgan fingerprint density at radius 2 is 2.04 bits per heavy atom. The van der Waals surface area contributed by atoms with Gasteiger partial charge in [-0.2, -0.15) is 12.6 Å². The molecular formula is C16H18N4O6S. The number of nitro groups is 1. The number of ether oxygens (including phenoxy) is 1. The number of nitrogens with one attached hydrogen (secondary N) is 1. The van der Waals surface area contributed by atoms with E-state index in [0.29, 0.717) is 18.5 Å². The Balaban J connectivity index is 1.57. The Kier molecular flexibility index (Phi) is 5.49. The van der Waals surface area contributed by atoms with E-state index in [2.05, 4.69) is 17.9 Å². The van der Waals surface area contributed by atoms with Gasteiger partial charge in [0, 0.05) is 30.5 Å². The molecule has 1 aromatic carbocycles. The molecule has 3 rings (SSSR count). The Bertz CT molecular complexity index is 771. The van der Waals surface area contributed by atoms with Gasteiger partial charge in [0.2, 0.25) is 5.91 Å². The summed E-state index contributed by atoms with van der Waals surface area (Å²) in [6.45, 7) is 0.537. The third kappa shape index (κ3) is 4.48. The standard InChI is InChI=1S/C16H18N4O6S/c21-14-8-18(15(22)17-14)6-12-5-13(27)7-19(12)16(23)26-9-10-1-3-11(4-2-10)20(24)25/h1-4,12-13,27H,5-9H2,(H,17,21,22)/t12-,13-/m0/s1. The summed E-state index contributed by atoms with van der Waals surface area (Å²) in [6, 6.07) is 4.96. The summed E-state index contributed by atoms with van der Waals surface area (Å²) in [7, 11) is 0. The molecule has 2 fully saturated rings. The molecule has 144 valence electrons. The van der Waals surface area contributed by atoms with Crippen molar-refractivity contribution >= 4 is 36.3 Å². The molecule has 2 saturated heterocycles. The smallest absolute Gasteiger partial charge is 0.410 e. The van der Waals surface area contributed by atoms with E-state index < -0.39 is 17.0 Å². The minimum absolute atomic E-state index is 0.0278. The number of hydrogen-bond acceptors (Lipinski definition) is 7. The Labute approximate surface area is 160 Å². The van der Waals surface area contributed by atoms with Crippen molar-refractivity contribution in [1.82, 2.24) is 15.1 Å². The van der Waals surface area contributed by atoms with Crippen LogP contribution in [0, 0.1) is 10.1 Å². The van der Waals surface area contributed by atoms with E-state index in [1.807, 2.05) is 0 Å². The summed E-state index contributed by atoms with van der Waals surface area (Å²) in [4.78, 5) is 48.5. The van der Waals surface area contributed by atoms with Gasteiger partial charge in [0.1, 0.15) is 13.2 Å². The number of thiol groups is 1. The molecule has 1 N–H and O–H groups in total. The van der Waals surface area contributed by atoms with Gasteiger partial charge in [-0.15, -0.1) is 0 Å². The highest BCUT2D eigenvalue weighted by Crippen LogP contribution is 2.24. The second kappa shape index (κ2) is 7.82. The lowest BCUT2D eigenvalue weighted by Crippen LogP contribution is -2.44. The number of non-ortho nitro benzene ring substituents is 1. The molecular weight excluding hydrogens is 376 g/mol. The number of rotatable bonds is 5. The fraction of sp³-hybridized carbons (Fsp3) is 0.438. The number of hydrogen-bond donors (Lipinski definition) is 2. The van der Waals surface area contributed by atoms with Gasteiger partial charge in [-0.1, -0.05) is 0 Å². The van der Waals surface area contributed by atoms with Gasteiger partial charge in [0.15, 0.2) is 0 Å². The lowest BCUT2D eigenvalue weighted by atomic mass is 10.2. The molecule has 4 amide bonds. The molecule has 2 heterocycles. The van der Waals surface area contributed by atoms with E-state index in [1.54, 1.807) is 0 Å². The molecule has 27 heavy (non-hydrogen) atoms. The third-order valence-corrected chi connectivity index (χ3v) is 4.81. The zero-order valence-electron chi connectivity index (χ0n) is 14.2. The molecule has 2 atom stereocenters. The molecule has 11 heteroatoms. The molecule has 2 aliphatic heterocycles. The highest BCUT2D eigenvalue weighted by molar-refractivity contribution is 7.81. The SMILES string of the molecule is O=C1CN(C[C@@H]2C[C@H](S)CN2C(=O)OCc2ccc([N+](=O)[O-])cc2)C(=O)N1. The first kappa shape index (κ1) is 19.0. The number of nitro benzene ring substituents is 1. The Morgan fingerprint density at radius 3 is 2.63 bits per heavy atom. The summed E-state index contributed by atoms with van der Waals surface area (Å²) < 4.78 is 5.30. The van der Waals surface area contributed by atoms with Crippen LogP contribution in [0.4, 0.5) is 15.3 Å². The van der Waals surface area contributed by atoms with Crippen LogP contribution in [-0.2, 0) is 16.1 Å². The van der Waals surface area contributed by atoms with Crippen LogP contribution in [0.3, 0.4) is 0 Å². The number of likely N-dealkylation sites (tertiary alicyclic amines) is 1. The van der Waals surface area contributed by atoms with Crippen LogP contribution in [0.2, 0.25) is 0 Å². The minimum Gasteiger partial charge on any atom is -0.445 e. The van der Waals surface area contributed by atoms with Crippen LogP contribution in [0.15, 0.2) is 24.3 Å². The predicted molar refractivity (Wildman–Crippen MR) is 96.3 cm³/mol. The molecule has 0 spiro atoms. The van der Waals surface area contributed by atoms with Crippen LogP contribution >= 0.6 is 12.6 Å². The molecule has 2 aliphatic rings. The molecule has 0 saturated carbocycles. The van der Waals surface area contributed by atoms with Crippen molar-refractivity contribution in [3.8, 4) is 0 Å². The van der Waals surface area contributed by atoms with E-state index in [1.165, 1.54) is 34.1 Å². The number of benzene rings is 1. The van der Waals surface area contributed by atoms with Crippen molar-refractivity contribution in [2.45, 2.75) is 24.3 Å². The van der Waals surface area contributed by atoms with Gasteiger partial charge < -0.3 is 14.5 Å². The third-order valence-electron chi connectivity index (χ3n) is 4.44. The number of carbonyl (C=O) groups excluding carboxylic acids is 3. The Morgan fingerprint density at radius 1 is 1.33 bits per heavy atom. The second-order valence-electron chi connectivity index (χ2n) is 6.41. The van der Waals surface area contributed by atoms with Crippen molar-refractivity contribution in [2.24, 2.45) is 0 Å². The maximum absolute atomic E-state index is 12.4. The Hall–Kier alpha value is -2.82. The van der Waals surface area contributed by atoms with Gasteiger partial charge in [0.25, 0.3) is 5.69 Å². The largest absolute Gasteiger partial charge is 0.445 e. The lowest BCUT2D eigenvalue weighted by Gasteiger charge is -2.27. The maximum atomic E-state index is 12.4. The predicted octanol–water partition coefficient (Wildman–Crippen LogP) is 1.16. The van der Waals surface area contributed by atoms with Crippen molar-refractivity contribution < 1.29 is 24.0 Å². The highest BCUT2D eigenvalue weighted by atomic mass is 32.1. The molecule has 0 unspecified atom stereocenters. The molecule has 0 aromatic heterocycles. The van der Waals surface area contributed by atoms with E-state index >= 15 is 0 Å². The van der Waals surface area contributed by atoms with Gasteiger partial charge in [0.05, 0.1) is 11.0 Å². The van der Waals surface area contributed by atoms with Crippen molar-refractivity contribution in [3.63, 3.8) is 0 Å². The fourth-order valence-electron chi connectivity index (χ4n) is 3.12. The number of nitrogens with zero attached hydrogens (tertiary/aromatic N) is 3. The minimum atomic E-state index is -0.555. The maximum Gasteiger partial charge on any atom is 0.410 e. The summed E-state index contributed by atoms with van der Waals surface area (Å²) in [5.41, 5.74) is 0.581. The first-order valence-electron chi connectivity index (χ1n) is 8.27. The fourth-order valence-corrected chi connectivity index (χ4v) is 3.53. The van der Waals surface area contributed by atoms with Crippen LogP contribution in [0.1, 0.15) is 12.0 Å². The zero-order valence-corrected chi connectivity index (χ0v) is 15.1.